The quantitative estimate of drug-likeness (QED) is 0.753. The average Bonchev–Trinajstić information content (AvgIpc) is 2.77. The van der Waals surface area contributed by atoms with Gasteiger partial charge in [0.25, 0.3) is 5.91 Å². The third-order valence-corrected chi connectivity index (χ3v) is 6.26. The molecule has 1 heterocycles. The van der Waals surface area contributed by atoms with Gasteiger partial charge in [-0.1, -0.05) is 49.9 Å². The Labute approximate surface area is 182 Å². The normalized spacial score (nSPS) is 16.2. The summed E-state index contributed by atoms with van der Waals surface area (Å²) in [6.07, 6.45) is 1.62. The number of hydrogen-bond acceptors (Lipinski definition) is 4. The van der Waals surface area contributed by atoms with Crippen LogP contribution in [0.15, 0.2) is 58.3 Å². The second-order valence-corrected chi connectivity index (χ2v) is 9.02. The van der Waals surface area contributed by atoms with Crippen molar-refractivity contribution >= 4 is 23.6 Å². The molecular formula is C24H27N3O2S. The highest BCUT2D eigenvalue weighted by Gasteiger charge is 2.29. The van der Waals surface area contributed by atoms with Crippen LogP contribution in [0.4, 0.5) is 0 Å². The Bertz CT molecular complexity index is 951. The Hall–Kier alpha value is -2.78. The van der Waals surface area contributed by atoms with Crippen molar-refractivity contribution < 1.29 is 9.59 Å². The Balaban J connectivity index is 1.75. The molecule has 0 aromatic heterocycles. The van der Waals surface area contributed by atoms with E-state index < -0.39 is 0 Å². The number of nitriles is 1. The number of nitrogens with zero attached hydrogens (tertiary/aromatic N) is 2. The molecule has 0 spiro atoms. The fraction of sp³-hybridized carbons (Fsp3) is 0.375. The van der Waals surface area contributed by atoms with E-state index >= 15 is 0 Å². The Kier molecular flexibility index (Phi) is 7.53. The minimum absolute atomic E-state index is 0.0341. The van der Waals surface area contributed by atoms with Crippen molar-refractivity contribution in [3.63, 3.8) is 0 Å². The van der Waals surface area contributed by atoms with Gasteiger partial charge in [0, 0.05) is 29.4 Å². The fourth-order valence-electron chi connectivity index (χ4n) is 3.49. The number of likely N-dealkylation sites (tertiary alicyclic amines) is 1. The predicted octanol–water partition coefficient (Wildman–Crippen LogP) is 4.33. The fourth-order valence-corrected chi connectivity index (χ4v) is 4.51. The highest BCUT2D eigenvalue weighted by atomic mass is 32.2. The van der Waals surface area contributed by atoms with Gasteiger partial charge in [-0.25, -0.2) is 0 Å². The summed E-state index contributed by atoms with van der Waals surface area (Å²) in [6.45, 7) is 5.88. The molecule has 6 heteroatoms. The Morgan fingerprint density at radius 3 is 2.60 bits per heavy atom. The van der Waals surface area contributed by atoms with Crippen molar-refractivity contribution in [2.75, 3.05) is 19.6 Å². The molecule has 5 nitrogen and oxygen atoms in total. The van der Waals surface area contributed by atoms with Crippen LogP contribution in [0.25, 0.3) is 0 Å². The first-order valence-electron chi connectivity index (χ1n) is 10.3. The maximum atomic E-state index is 13.3. The van der Waals surface area contributed by atoms with Crippen LogP contribution in [0.2, 0.25) is 0 Å². The van der Waals surface area contributed by atoms with E-state index in [-0.39, 0.29) is 17.7 Å². The van der Waals surface area contributed by atoms with E-state index in [2.05, 4.69) is 25.2 Å². The van der Waals surface area contributed by atoms with Crippen LogP contribution in [-0.4, -0.2) is 36.3 Å². The summed E-state index contributed by atoms with van der Waals surface area (Å²) in [5, 5.41) is 12.4. The van der Waals surface area contributed by atoms with Crippen LogP contribution < -0.4 is 5.32 Å². The lowest BCUT2D eigenvalue weighted by molar-refractivity contribution is -0.126. The summed E-state index contributed by atoms with van der Waals surface area (Å²) in [5.41, 5.74) is 1.20. The minimum Gasteiger partial charge on any atom is -0.356 e. The Morgan fingerprint density at radius 2 is 1.87 bits per heavy atom. The molecule has 1 atom stereocenters. The number of nitrogens with one attached hydrogen (secondary N) is 1. The van der Waals surface area contributed by atoms with Gasteiger partial charge in [-0.05, 0) is 43.0 Å². The third kappa shape index (κ3) is 5.43. The smallest absolute Gasteiger partial charge is 0.255 e. The van der Waals surface area contributed by atoms with E-state index in [1.807, 2.05) is 42.5 Å². The van der Waals surface area contributed by atoms with Crippen molar-refractivity contribution in [2.24, 2.45) is 11.8 Å². The van der Waals surface area contributed by atoms with E-state index in [0.29, 0.717) is 36.7 Å². The van der Waals surface area contributed by atoms with E-state index in [9.17, 15) is 14.9 Å². The molecule has 3 rings (SSSR count). The summed E-state index contributed by atoms with van der Waals surface area (Å²) >= 11 is 1.43. The van der Waals surface area contributed by atoms with E-state index in [1.54, 1.807) is 11.0 Å². The zero-order valence-electron chi connectivity index (χ0n) is 17.4. The van der Waals surface area contributed by atoms with Gasteiger partial charge < -0.3 is 10.2 Å². The van der Waals surface area contributed by atoms with Gasteiger partial charge in [0.2, 0.25) is 5.91 Å². The van der Waals surface area contributed by atoms with Crippen LogP contribution in [0.5, 0.6) is 0 Å². The molecule has 1 aliphatic heterocycles. The molecule has 1 fully saturated rings. The van der Waals surface area contributed by atoms with E-state index in [4.69, 9.17) is 0 Å². The predicted molar refractivity (Wildman–Crippen MR) is 118 cm³/mol. The van der Waals surface area contributed by atoms with Crippen molar-refractivity contribution in [2.45, 2.75) is 36.5 Å². The second-order valence-electron chi connectivity index (χ2n) is 7.94. The summed E-state index contributed by atoms with van der Waals surface area (Å²) in [5.74, 6) is 0.205. The minimum atomic E-state index is -0.166. The highest BCUT2D eigenvalue weighted by molar-refractivity contribution is 7.99. The van der Waals surface area contributed by atoms with Crippen molar-refractivity contribution in [3.8, 4) is 6.07 Å². The lowest BCUT2D eigenvalue weighted by atomic mass is 9.96. The topological polar surface area (TPSA) is 73.2 Å². The molecule has 0 radical (unpaired) electrons. The molecule has 2 aromatic carbocycles. The van der Waals surface area contributed by atoms with Crippen LogP contribution in [0, 0.1) is 23.2 Å². The molecule has 0 aliphatic carbocycles. The lowest BCUT2D eigenvalue weighted by Crippen LogP contribution is -2.46. The largest absolute Gasteiger partial charge is 0.356 e. The van der Waals surface area contributed by atoms with Gasteiger partial charge >= 0.3 is 0 Å². The molecule has 30 heavy (non-hydrogen) atoms. The van der Waals surface area contributed by atoms with Gasteiger partial charge in [0.15, 0.2) is 0 Å². The third-order valence-electron chi connectivity index (χ3n) is 5.11. The zero-order valence-corrected chi connectivity index (χ0v) is 18.2. The van der Waals surface area contributed by atoms with Gasteiger partial charge in [0.1, 0.15) is 6.07 Å². The Morgan fingerprint density at radius 1 is 1.17 bits per heavy atom. The van der Waals surface area contributed by atoms with Gasteiger partial charge in [0.05, 0.1) is 17.0 Å². The molecule has 1 unspecified atom stereocenters. The van der Waals surface area contributed by atoms with Crippen molar-refractivity contribution in [3.05, 3.63) is 59.7 Å². The maximum Gasteiger partial charge on any atom is 0.255 e. The SMILES string of the molecule is CC(C)CNC(=O)C1CCCN(C(=O)c2ccccc2Sc2ccccc2C#N)C1. The van der Waals surface area contributed by atoms with Crippen LogP contribution in [0.3, 0.4) is 0 Å². The van der Waals surface area contributed by atoms with Gasteiger partial charge in [-0.15, -0.1) is 0 Å². The summed E-state index contributed by atoms with van der Waals surface area (Å²) in [7, 11) is 0. The number of carbonyl (C=O) groups excluding carboxylic acids is 2. The van der Waals surface area contributed by atoms with Gasteiger partial charge in [-0.2, -0.15) is 5.26 Å². The zero-order chi connectivity index (χ0) is 21.5. The standard InChI is InChI=1S/C24H27N3O2S/c1-17(2)15-26-23(28)19-9-7-13-27(16-19)24(29)20-10-4-6-12-22(20)30-21-11-5-3-8-18(21)14-25/h3-6,8,10-12,17,19H,7,9,13,15-16H2,1-2H3,(H,26,28). The highest BCUT2D eigenvalue weighted by Crippen LogP contribution is 2.33. The maximum absolute atomic E-state index is 13.3. The number of benzene rings is 2. The molecule has 1 saturated heterocycles. The molecule has 2 amide bonds. The van der Waals surface area contributed by atoms with E-state index in [0.717, 1.165) is 22.6 Å². The number of amides is 2. The van der Waals surface area contributed by atoms with Crippen LogP contribution in [0.1, 0.15) is 42.6 Å². The molecule has 156 valence electrons. The first-order chi connectivity index (χ1) is 14.5. The summed E-state index contributed by atoms with van der Waals surface area (Å²) < 4.78 is 0. The first-order valence-corrected chi connectivity index (χ1v) is 11.1. The number of rotatable bonds is 6. The van der Waals surface area contributed by atoms with E-state index in [1.165, 1.54) is 11.8 Å². The second kappa shape index (κ2) is 10.3. The summed E-state index contributed by atoms with van der Waals surface area (Å²) in [6, 6.07) is 17.1. The first kappa shape index (κ1) is 21.9. The summed E-state index contributed by atoms with van der Waals surface area (Å²) in [4.78, 5) is 29.2. The van der Waals surface area contributed by atoms with Crippen LogP contribution in [-0.2, 0) is 4.79 Å². The van der Waals surface area contributed by atoms with Crippen molar-refractivity contribution in [1.29, 1.82) is 5.26 Å². The van der Waals surface area contributed by atoms with Crippen molar-refractivity contribution in [1.82, 2.24) is 10.2 Å². The molecule has 0 saturated carbocycles. The average molecular weight is 422 g/mol. The molecule has 0 bridgehead atoms. The molecule has 1 aliphatic rings. The van der Waals surface area contributed by atoms with Crippen LogP contribution >= 0.6 is 11.8 Å². The number of piperidine rings is 1. The molecular weight excluding hydrogens is 394 g/mol. The number of hydrogen-bond donors (Lipinski definition) is 1. The molecule has 1 N–H and O–H groups in total. The number of carbonyl (C=O) groups is 2. The molecule has 2 aromatic rings. The van der Waals surface area contributed by atoms with Gasteiger partial charge in [-0.3, -0.25) is 9.59 Å². The lowest BCUT2D eigenvalue weighted by Gasteiger charge is -2.32. The monoisotopic (exact) mass is 421 g/mol.